The van der Waals surface area contributed by atoms with Crippen molar-refractivity contribution in [3.05, 3.63) is 51.7 Å². The van der Waals surface area contributed by atoms with Gasteiger partial charge in [0, 0.05) is 31.5 Å². The van der Waals surface area contributed by atoms with Gasteiger partial charge in [-0.3, -0.25) is 14.0 Å². The standard InChI is InChI=1S/C21H23ClN6O/c1-3-27-10-4-5-15(27)13-28-19-11-14(6-7-18(19)26(2)21(28)29)25-17-8-9-24-20(22)16(17)12-23/h6-9,11,15H,3-5,10,13H2,1-2H3,(H,24,25). The number of likely N-dealkylation sites (N-methyl/N-ethyl adjacent to an activating group) is 1. The topological polar surface area (TPSA) is 78.9 Å². The summed E-state index contributed by atoms with van der Waals surface area (Å²) in [6.07, 6.45) is 3.84. The zero-order valence-electron chi connectivity index (χ0n) is 16.5. The molecule has 1 fully saturated rings. The predicted octanol–water partition coefficient (Wildman–Crippen LogP) is 3.49. The fraction of sp³-hybridized carbons (Fsp3) is 0.381. The van der Waals surface area contributed by atoms with Crippen LogP contribution in [0.5, 0.6) is 0 Å². The van der Waals surface area contributed by atoms with Gasteiger partial charge in [-0.15, -0.1) is 0 Å². The predicted molar refractivity (Wildman–Crippen MR) is 115 cm³/mol. The number of aromatic nitrogens is 3. The fourth-order valence-electron chi connectivity index (χ4n) is 4.20. The number of aryl methyl sites for hydroxylation is 1. The van der Waals surface area contributed by atoms with Crippen LogP contribution in [0.15, 0.2) is 35.3 Å². The maximum absolute atomic E-state index is 12.9. The molecule has 1 aliphatic heterocycles. The summed E-state index contributed by atoms with van der Waals surface area (Å²) in [5.74, 6) is 0. The summed E-state index contributed by atoms with van der Waals surface area (Å²) in [7, 11) is 1.80. The Hall–Kier alpha value is -2.82. The van der Waals surface area contributed by atoms with Crippen molar-refractivity contribution < 1.29 is 0 Å². The van der Waals surface area contributed by atoms with Gasteiger partial charge in [0.15, 0.2) is 0 Å². The Labute approximate surface area is 174 Å². The Bertz CT molecular complexity index is 1160. The second-order valence-corrected chi connectivity index (χ2v) is 7.70. The van der Waals surface area contributed by atoms with Crippen molar-refractivity contribution in [1.82, 2.24) is 19.0 Å². The molecule has 0 spiro atoms. The fourth-order valence-corrected chi connectivity index (χ4v) is 4.40. The van der Waals surface area contributed by atoms with Crippen LogP contribution in [0.25, 0.3) is 11.0 Å². The van der Waals surface area contributed by atoms with Gasteiger partial charge in [0.05, 0.1) is 16.7 Å². The van der Waals surface area contributed by atoms with E-state index in [9.17, 15) is 10.1 Å². The number of rotatable bonds is 5. The third-order valence-electron chi connectivity index (χ3n) is 5.74. The molecule has 1 atom stereocenters. The van der Waals surface area contributed by atoms with Crippen molar-refractivity contribution in [1.29, 1.82) is 5.26 Å². The maximum Gasteiger partial charge on any atom is 0.328 e. The quantitative estimate of drug-likeness (QED) is 0.651. The molecule has 0 saturated carbocycles. The average molecular weight is 411 g/mol. The van der Waals surface area contributed by atoms with Crippen molar-refractivity contribution in [2.24, 2.45) is 7.05 Å². The van der Waals surface area contributed by atoms with Gasteiger partial charge in [-0.05, 0) is 50.2 Å². The van der Waals surface area contributed by atoms with Gasteiger partial charge < -0.3 is 5.32 Å². The van der Waals surface area contributed by atoms with E-state index in [1.165, 1.54) is 6.42 Å². The smallest absolute Gasteiger partial charge is 0.328 e. The van der Waals surface area contributed by atoms with Crippen LogP contribution in [0.3, 0.4) is 0 Å². The molecule has 150 valence electrons. The molecular formula is C21H23ClN6O. The molecule has 1 unspecified atom stereocenters. The van der Waals surface area contributed by atoms with E-state index in [0.717, 1.165) is 36.2 Å². The van der Waals surface area contributed by atoms with E-state index in [1.807, 2.05) is 22.8 Å². The summed E-state index contributed by atoms with van der Waals surface area (Å²) in [4.78, 5) is 19.3. The number of likely N-dealkylation sites (tertiary alicyclic amines) is 1. The first-order valence-electron chi connectivity index (χ1n) is 9.78. The summed E-state index contributed by atoms with van der Waals surface area (Å²) in [6, 6.07) is 9.96. The molecule has 7 nitrogen and oxygen atoms in total. The second-order valence-electron chi connectivity index (χ2n) is 7.34. The van der Waals surface area contributed by atoms with Crippen molar-refractivity contribution in [2.75, 3.05) is 18.4 Å². The first kappa shape index (κ1) is 19.5. The van der Waals surface area contributed by atoms with Crippen LogP contribution in [0, 0.1) is 11.3 Å². The van der Waals surface area contributed by atoms with Crippen LogP contribution in [0.4, 0.5) is 11.4 Å². The number of nitriles is 1. The van der Waals surface area contributed by atoms with Crippen molar-refractivity contribution >= 4 is 34.0 Å². The van der Waals surface area contributed by atoms with E-state index in [1.54, 1.807) is 23.9 Å². The highest BCUT2D eigenvalue weighted by Gasteiger charge is 2.25. The van der Waals surface area contributed by atoms with E-state index in [2.05, 4.69) is 28.2 Å². The number of nitrogens with zero attached hydrogens (tertiary/aromatic N) is 5. The van der Waals surface area contributed by atoms with Crippen molar-refractivity contribution in [3.63, 3.8) is 0 Å². The van der Waals surface area contributed by atoms with Crippen LogP contribution in [0.2, 0.25) is 5.15 Å². The lowest BCUT2D eigenvalue weighted by atomic mass is 10.2. The highest BCUT2D eigenvalue weighted by Crippen LogP contribution is 2.27. The van der Waals surface area contributed by atoms with E-state index in [4.69, 9.17) is 11.6 Å². The van der Waals surface area contributed by atoms with E-state index in [-0.39, 0.29) is 10.8 Å². The van der Waals surface area contributed by atoms with Crippen LogP contribution in [-0.2, 0) is 13.6 Å². The number of halogens is 1. The first-order valence-corrected chi connectivity index (χ1v) is 10.2. The summed E-state index contributed by atoms with van der Waals surface area (Å²) >= 11 is 6.04. The number of fused-ring (bicyclic) bond motifs is 1. The Morgan fingerprint density at radius 1 is 1.34 bits per heavy atom. The number of hydrogen-bond donors (Lipinski definition) is 1. The Kier molecular flexibility index (Phi) is 5.31. The minimum Gasteiger partial charge on any atom is -0.354 e. The van der Waals surface area contributed by atoms with Crippen molar-refractivity contribution in [3.8, 4) is 6.07 Å². The highest BCUT2D eigenvalue weighted by molar-refractivity contribution is 6.31. The monoisotopic (exact) mass is 410 g/mol. The van der Waals surface area contributed by atoms with Crippen LogP contribution >= 0.6 is 11.6 Å². The molecule has 0 radical (unpaired) electrons. The van der Waals surface area contributed by atoms with Gasteiger partial charge in [0.25, 0.3) is 0 Å². The lowest BCUT2D eigenvalue weighted by Crippen LogP contribution is -2.36. The number of benzene rings is 1. The van der Waals surface area contributed by atoms with Gasteiger partial charge in [0.1, 0.15) is 16.8 Å². The Morgan fingerprint density at radius 3 is 2.93 bits per heavy atom. The molecule has 0 aliphatic carbocycles. The van der Waals surface area contributed by atoms with Gasteiger partial charge in [-0.25, -0.2) is 9.78 Å². The number of nitrogens with one attached hydrogen (secondary N) is 1. The van der Waals surface area contributed by atoms with Crippen LogP contribution in [-0.4, -0.2) is 38.1 Å². The van der Waals surface area contributed by atoms with Gasteiger partial charge in [-0.2, -0.15) is 5.26 Å². The molecule has 4 rings (SSSR count). The summed E-state index contributed by atoms with van der Waals surface area (Å²) in [6.45, 7) is 4.93. The highest BCUT2D eigenvalue weighted by atomic mass is 35.5. The lowest BCUT2D eigenvalue weighted by molar-refractivity contribution is 0.244. The molecule has 1 aromatic carbocycles. The van der Waals surface area contributed by atoms with E-state index >= 15 is 0 Å². The normalized spacial score (nSPS) is 17.0. The Balaban J connectivity index is 1.73. The third kappa shape index (κ3) is 3.50. The molecule has 1 aliphatic rings. The SMILES string of the molecule is CCN1CCCC1Cn1c(=O)n(C)c2ccc(Nc3ccnc(Cl)c3C#N)cc21. The summed E-state index contributed by atoms with van der Waals surface area (Å²) in [5.41, 5.74) is 3.42. The van der Waals surface area contributed by atoms with E-state index < -0.39 is 0 Å². The molecule has 3 aromatic rings. The van der Waals surface area contributed by atoms with Gasteiger partial charge >= 0.3 is 5.69 Å². The summed E-state index contributed by atoms with van der Waals surface area (Å²) < 4.78 is 3.55. The first-order chi connectivity index (χ1) is 14.0. The zero-order chi connectivity index (χ0) is 20.5. The van der Waals surface area contributed by atoms with Crippen molar-refractivity contribution in [2.45, 2.75) is 32.4 Å². The minimum absolute atomic E-state index is 0.00947. The molecule has 2 aromatic heterocycles. The lowest BCUT2D eigenvalue weighted by Gasteiger charge is -2.23. The van der Waals surface area contributed by atoms with Gasteiger partial charge in [-0.1, -0.05) is 18.5 Å². The number of anilines is 2. The second kappa shape index (κ2) is 7.90. The number of imidazole rings is 1. The Morgan fingerprint density at radius 2 is 2.17 bits per heavy atom. The molecule has 1 saturated heterocycles. The van der Waals surface area contributed by atoms with Crippen LogP contribution in [0.1, 0.15) is 25.3 Å². The molecule has 3 heterocycles. The largest absolute Gasteiger partial charge is 0.354 e. The van der Waals surface area contributed by atoms with Crippen LogP contribution < -0.4 is 11.0 Å². The molecular weight excluding hydrogens is 388 g/mol. The maximum atomic E-state index is 12.9. The van der Waals surface area contributed by atoms with E-state index in [0.29, 0.717) is 23.8 Å². The number of pyridine rings is 1. The molecule has 0 bridgehead atoms. The zero-order valence-corrected chi connectivity index (χ0v) is 17.3. The third-order valence-corrected chi connectivity index (χ3v) is 6.03. The molecule has 1 N–H and O–H groups in total. The minimum atomic E-state index is -0.00947. The number of hydrogen-bond acceptors (Lipinski definition) is 5. The summed E-state index contributed by atoms with van der Waals surface area (Å²) in [5, 5.41) is 12.8. The molecule has 29 heavy (non-hydrogen) atoms. The molecule has 8 heteroatoms. The van der Waals surface area contributed by atoms with Gasteiger partial charge in [0.2, 0.25) is 0 Å². The molecule has 0 amide bonds. The average Bonchev–Trinajstić information content (AvgIpc) is 3.26.